The Kier molecular flexibility index (Phi) is 4.81. The number of hydrogen-bond acceptors (Lipinski definition) is 5. The summed E-state index contributed by atoms with van der Waals surface area (Å²) in [5.41, 5.74) is 1.53. The van der Waals surface area contributed by atoms with Gasteiger partial charge in [0.05, 0.1) is 5.69 Å². The zero-order valence-corrected chi connectivity index (χ0v) is 14.5. The Morgan fingerprint density at radius 1 is 1.20 bits per heavy atom. The van der Waals surface area contributed by atoms with Crippen LogP contribution in [0.5, 0.6) is 17.2 Å². The topological polar surface area (TPSA) is 73.9 Å². The number of aryl methyl sites for hydroxylation is 1. The molecule has 7 heteroatoms. The monoisotopic (exact) mass is 361 g/mol. The summed E-state index contributed by atoms with van der Waals surface area (Å²) in [7, 11) is 0. The summed E-state index contributed by atoms with van der Waals surface area (Å²) in [6.07, 6.45) is 0. The van der Waals surface area contributed by atoms with Crippen molar-refractivity contribution < 1.29 is 23.8 Å². The number of hydrogen-bond donors (Lipinski definition) is 1. The summed E-state index contributed by atoms with van der Waals surface area (Å²) < 4.78 is 16.0. The predicted molar refractivity (Wildman–Crippen MR) is 92.9 cm³/mol. The number of fused-ring (bicyclic) bond motifs is 1. The minimum absolute atomic E-state index is 0.0863. The molecule has 1 aliphatic rings. The zero-order chi connectivity index (χ0) is 18.0. The molecule has 1 aliphatic heterocycles. The van der Waals surface area contributed by atoms with E-state index in [2.05, 4.69) is 5.32 Å². The lowest BCUT2D eigenvalue weighted by Gasteiger charge is -2.12. The lowest BCUT2D eigenvalue weighted by atomic mass is 10.1. The van der Waals surface area contributed by atoms with Crippen LogP contribution in [0.1, 0.15) is 22.8 Å². The number of carbonyl (C=O) groups excluding carboxylic acids is 2. The minimum atomic E-state index is -0.393. The van der Waals surface area contributed by atoms with Crippen molar-refractivity contribution in [1.82, 2.24) is 0 Å². The fourth-order valence-electron chi connectivity index (χ4n) is 2.44. The van der Waals surface area contributed by atoms with Crippen LogP contribution in [0.2, 0.25) is 5.02 Å². The number of ketones is 1. The van der Waals surface area contributed by atoms with E-state index in [0.717, 1.165) is 5.56 Å². The second kappa shape index (κ2) is 7.03. The van der Waals surface area contributed by atoms with Crippen molar-refractivity contribution in [1.29, 1.82) is 0 Å². The number of Topliss-reactive ketones (excluding diaryl/α,β-unsaturated/α-hetero) is 1. The third-order valence-corrected chi connectivity index (χ3v) is 3.90. The molecule has 3 rings (SSSR count). The molecule has 1 heterocycles. The number of anilines is 1. The van der Waals surface area contributed by atoms with Gasteiger partial charge in [-0.3, -0.25) is 9.59 Å². The fraction of sp³-hybridized carbons (Fsp3) is 0.222. The van der Waals surface area contributed by atoms with Gasteiger partial charge < -0.3 is 19.5 Å². The molecule has 0 unspecified atom stereocenters. The van der Waals surface area contributed by atoms with Crippen molar-refractivity contribution in [2.45, 2.75) is 13.8 Å². The molecular weight excluding hydrogens is 346 g/mol. The molecule has 0 aliphatic carbocycles. The van der Waals surface area contributed by atoms with Gasteiger partial charge in [-0.25, -0.2) is 0 Å². The first-order valence-electron chi connectivity index (χ1n) is 7.57. The fourth-order valence-corrected chi connectivity index (χ4v) is 2.67. The van der Waals surface area contributed by atoms with Gasteiger partial charge in [-0.15, -0.1) is 0 Å². The molecule has 6 nitrogen and oxygen atoms in total. The van der Waals surface area contributed by atoms with Crippen LogP contribution in [0, 0.1) is 6.92 Å². The molecule has 0 atom stereocenters. The summed E-state index contributed by atoms with van der Waals surface area (Å²) in [5, 5.41) is 3.27. The number of nitrogens with one attached hydrogen (secondary N) is 1. The molecule has 0 saturated heterocycles. The van der Waals surface area contributed by atoms with Gasteiger partial charge in [0.1, 0.15) is 5.75 Å². The molecule has 1 N–H and O–H groups in total. The van der Waals surface area contributed by atoms with Crippen molar-refractivity contribution in [2.75, 3.05) is 18.7 Å². The highest BCUT2D eigenvalue weighted by Gasteiger charge is 2.20. The first kappa shape index (κ1) is 17.1. The van der Waals surface area contributed by atoms with Crippen LogP contribution >= 0.6 is 11.6 Å². The average Bonchev–Trinajstić information content (AvgIpc) is 3.00. The van der Waals surface area contributed by atoms with Crippen molar-refractivity contribution in [3.05, 3.63) is 46.5 Å². The van der Waals surface area contributed by atoms with Crippen LogP contribution in [0.3, 0.4) is 0 Å². The Morgan fingerprint density at radius 2 is 1.92 bits per heavy atom. The van der Waals surface area contributed by atoms with E-state index < -0.39 is 5.91 Å². The van der Waals surface area contributed by atoms with Crippen molar-refractivity contribution in [3.63, 3.8) is 0 Å². The molecule has 0 aromatic heterocycles. The van der Waals surface area contributed by atoms with E-state index >= 15 is 0 Å². The number of halogens is 1. The maximum atomic E-state index is 12.2. The first-order valence-corrected chi connectivity index (χ1v) is 7.95. The van der Waals surface area contributed by atoms with E-state index in [1.165, 1.54) is 6.92 Å². The summed E-state index contributed by atoms with van der Waals surface area (Å²) in [6.45, 7) is 3.14. The van der Waals surface area contributed by atoms with Crippen molar-refractivity contribution in [3.8, 4) is 17.2 Å². The third kappa shape index (κ3) is 3.85. The van der Waals surface area contributed by atoms with Crippen LogP contribution in [-0.4, -0.2) is 25.1 Å². The lowest BCUT2D eigenvalue weighted by Crippen LogP contribution is -2.21. The Morgan fingerprint density at radius 3 is 2.60 bits per heavy atom. The number of ether oxygens (including phenoxy) is 3. The lowest BCUT2D eigenvalue weighted by molar-refractivity contribution is -0.118. The molecule has 1 amide bonds. The Labute approximate surface area is 149 Å². The van der Waals surface area contributed by atoms with Crippen LogP contribution in [-0.2, 0) is 4.79 Å². The Bertz CT molecular complexity index is 850. The Balaban J connectivity index is 1.71. The van der Waals surface area contributed by atoms with Crippen LogP contribution < -0.4 is 19.5 Å². The number of rotatable bonds is 5. The SMILES string of the molecule is CC(=O)c1cc2c(cc1NC(=O)COc1ccc(Cl)cc1C)OCO2. The summed E-state index contributed by atoms with van der Waals surface area (Å²) in [6, 6.07) is 8.27. The highest BCUT2D eigenvalue weighted by atomic mass is 35.5. The number of benzene rings is 2. The van der Waals surface area contributed by atoms with E-state index in [4.69, 9.17) is 25.8 Å². The maximum Gasteiger partial charge on any atom is 0.262 e. The van der Waals surface area contributed by atoms with Gasteiger partial charge in [0, 0.05) is 16.7 Å². The van der Waals surface area contributed by atoms with E-state index in [1.54, 1.807) is 30.3 Å². The van der Waals surface area contributed by atoms with E-state index in [9.17, 15) is 9.59 Å². The predicted octanol–water partition coefficient (Wildman–Crippen LogP) is 3.60. The second-order valence-corrected chi connectivity index (χ2v) is 5.99. The molecular formula is C18H16ClNO5. The van der Waals surface area contributed by atoms with Crippen LogP contribution in [0.15, 0.2) is 30.3 Å². The van der Waals surface area contributed by atoms with Gasteiger partial charge in [0.15, 0.2) is 23.9 Å². The smallest absolute Gasteiger partial charge is 0.262 e. The van der Waals surface area contributed by atoms with Gasteiger partial charge in [-0.2, -0.15) is 0 Å². The first-order chi connectivity index (χ1) is 11.9. The molecule has 2 aromatic rings. The normalized spacial score (nSPS) is 12.0. The number of carbonyl (C=O) groups is 2. The number of amides is 1. The van der Waals surface area contributed by atoms with E-state index in [-0.39, 0.29) is 19.2 Å². The summed E-state index contributed by atoms with van der Waals surface area (Å²) in [5.74, 6) is 0.946. The van der Waals surface area contributed by atoms with Gasteiger partial charge in [-0.1, -0.05) is 11.6 Å². The minimum Gasteiger partial charge on any atom is -0.483 e. The third-order valence-electron chi connectivity index (χ3n) is 3.66. The van der Waals surface area contributed by atoms with Gasteiger partial charge in [0.2, 0.25) is 6.79 Å². The molecule has 0 radical (unpaired) electrons. The standard InChI is InChI=1S/C18H16ClNO5/c1-10-5-12(19)3-4-15(10)23-8-18(22)20-14-7-17-16(24-9-25-17)6-13(14)11(2)21/h3-7H,8-9H2,1-2H3,(H,20,22). The quantitative estimate of drug-likeness (QED) is 0.824. The molecule has 0 bridgehead atoms. The maximum absolute atomic E-state index is 12.2. The Hall–Kier alpha value is -2.73. The summed E-state index contributed by atoms with van der Waals surface area (Å²) in [4.78, 5) is 24.0. The van der Waals surface area contributed by atoms with E-state index in [1.807, 2.05) is 6.92 Å². The molecule has 2 aromatic carbocycles. The molecule has 25 heavy (non-hydrogen) atoms. The van der Waals surface area contributed by atoms with Gasteiger partial charge in [0.25, 0.3) is 5.91 Å². The van der Waals surface area contributed by atoms with Crippen LogP contribution in [0.4, 0.5) is 5.69 Å². The van der Waals surface area contributed by atoms with Crippen molar-refractivity contribution in [2.24, 2.45) is 0 Å². The van der Waals surface area contributed by atoms with Crippen molar-refractivity contribution >= 4 is 29.0 Å². The molecule has 0 spiro atoms. The van der Waals surface area contributed by atoms with E-state index in [0.29, 0.717) is 33.5 Å². The zero-order valence-electron chi connectivity index (χ0n) is 13.7. The highest BCUT2D eigenvalue weighted by molar-refractivity contribution is 6.30. The van der Waals surface area contributed by atoms with Crippen LogP contribution in [0.25, 0.3) is 0 Å². The van der Waals surface area contributed by atoms with Gasteiger partial charge in [-0.05, 0) is 43.7 Å². The molecule has 130 valence electrons. The largest absolute Gasteiger partial charge is 0.483 e. The van der Waals surface area contributed by atoms with Gasteiger partial charge >= 0.3 is 0 Å². The second-order valence-electron chi connectivity index (χ2n) is 5.55. The average molecular weight is 362 g/mol. The molecule has 0 saturated carbocycles. The summed E-state index contributed by atoms with van der Waals surface area (Å²) >= 11 is 5.89. The highest BCUT2D eigenvalue weighted by Crippen LogP contribution is 2.37. The molecule has 0 fully saturated rings.